The Morgan fingerprint density at radius 1 is 1.38 bits per heavy atom. The Kier molecular flexibility index (Phi) is 4.43. The summed E-state index contributed by atoms with van der Waals surface area (Å²) in [5, 5.41) is 9.15. The van der Waals surface area contributed by atoms with E-state index in [-0.39, 0.29) is 11.4 Å². The number of imidazole rings is 1. The molecule has 9 heteroatoms. The third-order valence-electron chi connectivity index (χ3n) is 4.04. The fourth-order valence-corrected chi connectivity index (χ4v) is 3.96. The maximum Gasteiger partial charge on any atom is 0.433 e. The summed E-state index contributed by atoms with van der Waals surface area (Å²) in [7, 11) is 1.54. The number of rotatable bonds is 4. The predicted octanol–water partition coefficient (Wildman–Crippen LogP) is 4.66. The fraction of sp³-hybridized carbons (Fsp3) is 0.294. The fourth-order valence-electron chi connectivity index (χ4n) is 2.95. The van der Waals surface area contributed by atoms with E-state index >= 15 is 0 Å². The van der Waals surface area contributed by atoms with E-state index in [0.29, 0.717) is 34.0 Å². The molecule has 0 fully saturated rings. The first-order chi connectivity index (χ1) is 12.2. The molecule has 0 aliphatic rings. The molecule has 0 aliphatic carbocycles. The first-order valence-corrected chi connectivity index (χ1v) is 8.50. The van der Waals surface area contributed by atoms with Gasteiger partial charge in [-0.1, -0.05) is 18.3 Å². The van der Waals surface area contributed by atoms with Crippen molar-refractivity contribution in [2.75, 3.05) is 7.11 Å². The molecule has 5 nitrogen and oxygen atoms in total. The molecule has 0 saturated carbocycles. The van der Waals surface area contributed by atoms with Crippen molar-refractivity contribution in [3.05, 3.63) is 40.0 Å². The second-order valence-corrected chi connectivity index (χ2v) is 6.62. The van der Waals surface area contributed by atoms with Gasteiger partial charge in [0.05, 0.1) is 18.5 Å². The molecule has 0 spiro atoms. The number of hydrogen-bond acceptors (Lipinski definition) is 4. The highest BCUT2D eigenvalue weighted by molar-refractivity contribution is 7.19. The zero-order valence-electron chi connectivity index (χ0n) is 14.1. The molecule has 2 aromatic heterocycles. The summed E-state index contributed by atoms with van der Waals surface area (Å²) >= 11 is 0.523. The number of benzene rings is 1. The number of nitrogens with zero attached hydrogens (tertiary/aromatic N) is 2. The number of aryl methyl sites for hydroxylation is 2. The van der Waals surface area contributed by atoms with Gasteiger partial charge < -0.3 is 9.84 Å². The van der Waals surface area contributed by atoms with Crippen LogP contribution in [-0.4, -0.2) is 27.6 Å². The van der Waals surface area contributed by atoms with Crippen LogP contribution in [0.1, 0.15) is 33.5 Å². The Morgan fingerprint density at radius 3 is 2.58 bits per heavy atom. The van der Waals surface area contributed by atoms with Gasteiger partial charge in [0.1, 0.15) is 10.6 Å². The molecular weight excluding hydrogens is 369 g/mol. The highest BCUT2D eigenvalue weighted by atomic mass is 32.1. The molecule has 0 unspecified atom stereocenters. The Morgan fingerprint density at radius 2 is 2.08 bits per heavy atom. The predicted molar refractivity (Wildman–Crippen MR) is 91.1 cm³/mol. The standard InChI is InChI=1S/C17H15F3N2O3S/c1-4-10-12(9-5-6-11(25-3)8(2)7-9)21-16-22(10)14(17(18,19)20)13(26-16)15(23)24/h5-7H,4H2,1-3H3,(H,23,24). The van der Waals surface area contributed by atoms with Crippen molar-refractivity contribution in [3.8, 4) is 17.0 Å². The van der Waals surface area contributed by atoms with E-state index in [2.05, 4.69) is 4.98 Å². The first kappa shape index (κ1) is 18.2. The van der Waals surface area contributed by atoms with Crippen LogP contribution < -0.4 is 4.74 Å². The molecule has 0 saturated heterocycles. The van der Waals surface area contributed by atoms with Gasteiger partial charge in [-0.15, -0.1) is 0 Å². The molecule has 0 aliphatic heterocycles. The molecule has 1 N–H and O–H groups in total. The maximum atomic E-state index is 13.5. The van der Waals surface area contributed by atoms with E-state index in [1.54, 1.807) is 25.1 Å². The molecule has 3 rings (SSSR count). The number of thiazole rings is 1. The number of carbonyl (C=O) groups is 1. The summed E-state index contributed by atoms with van der Waals surface area (Å²) in [4.78, 5) is 14.8. The molecule has 0 radical (unpaired) electrons. The first-order valence-electron chi connectivity index (χ1n) is 7.68. The van der Waals surface area contributed by atoms with Crippen molar-refractivity contribution >= 4 is 22.3 Å². The highest BCUT2D eigenvalue weighted by Gasteiger charge is 2.41. The molecular formula is C17H15F3N2O3S. The van der Waals surface area contributed by atoms with Crippen LogP contribution >= 0.6 is 11.3 Å². The number of hydrogen-bond donors (Lipinski definition) is 1. The number of aromatic carboxylic acids is 1. The van der Waals surface area contributed by atoms with Gasteiger partial charge in [0, 0.05) is 5.56 Å². The van der Waals surface area contributed by atoms with Crippen LogP contribution in [0.5, 0.6) is 5.75 Å². The monoisotopic (exact) mass is 384 g/mol. The van der Waals surface area contributed by atoms with Gasteiger partial charge in [0.2, 0.25) is 0 Å². The number of methoxy groups -OCH3 is 1. The summed E-state index contributed by atoms with van der Waals surface area (Å²) in [6.07, 6.45) is -4.54. The topological polar surface area (TPSA) is 63.8 Å². The Hall–Kier alpha value is -2.55. The number of ether oxygens (including phenoxy) is 1. The normalized spacial score (nSPS) is 11.9. The zero-order valence-corrected chi connectivity index (χ0v) is 15.0. The van der Waals surface area contributed by atoms with Gasteiger partial charge in [0.25, 0.3) is 0 Å². The highest BCUT2D eigenvalue weighted by Crippen LogP contribution is 2.40. The second-order valence-electron chi connectivity index (χ2n) is 5.65. The van der Waals surface area contributed by atoms with Crippen molar-refractivity contribution in [2.24, 2.45) is 0 Å². The average Bonchev–Trinajstić information content (AvgIpc) is 3.09. The van der Waals surface area contributed by atoms with E-state index in [4.69, 9.17) is 9.84 Å². The summed E-state index contributed by atoms with van der Waals surface area (Å²) in [6.45, 7) is 3.54. The van der Waals surface area contributed by atoms with Gasteiger partial charge >= 0.3 is 12.1 Å². The number of aromatic nitrogens is 2. The van der Waals surface area contributed by atoms with Crippen molar-refractivity contribution in [2.45, 2.75) is 26.4 Å². The molecule has 0 bridgehead atoms. The molecule has 1 aromatic carbocycles. The van der Waals surface area contributed by atoms with E-state index < -0.39 is 22.7 Å². The third-order valence-corrected chi connectivity index (χ3v) is 5.07. The Labute approximate surface area is 150 Å². The lowest BCUT2D eigenvalue weighted by atomic mass is 10.1. The van der Waals surface area contributed by atoms with E-state index in [9.17, 15) is 18.0 Å². The van der Waals surface area contributed by atoms with E-state index in [1.807, 2.05) is 6.92 Å². The smallest absolute Gasteiger partial charge is 0.433 e. The molecule has 0 amide bonds. The minimum atomic E-state index is -4.80. The minimum absolute atomic E-state index is 0.00930. The van der Waals surface area contributed by atoms with Crippen LogP contribution in [0, 0.1) is 6.92 Å². The minimum Gasteiger partial charge on any atom is -0.496 e. The lowest BCUT2D eigenvalue weighted by Gasteiger charge is -2.10. The SMILES string of the molecule is CCc1c(-c2ccc(OC)c(C)c2)nc2sc(C(=O)O)c(C(F)(F)F)n12. The maximum absolute atomic E-state index is 13.5. The van der Waals surface area contributed by atoms with E-state index in [0.717, 1.165) is 9.96 Å². The Balaban J connectivity index is 2.31. The van der Waals surface area contributed by atoms with Crippen molar-refractivity contribution in [3.63, 3.8) is 0 Å². The summed E-state index contributed by atoms with van der Waals surface area (Å²) in [6, 6.07) is 5.24. The largest absolute Gasteiger partial charge is 0.496 e. The molecule has 0 atom stereocenters. The van der Waals surface area contributed by atoms with Gasteiger partial charge in [0.15, 0.2) is 10.7 Å². The summed E-state index contributed by atoms with van der Waals surface area (Å²) in [5.74, 6) is -0.950. The molecule has 26 heavy (non-hydrogen) atoms. The van der Waals surface area contributed by atoms with Crippen molar-refractivity contribution in [1.29, 1.82) is 0 Å². The number of fused-ring (bicyclic) bond motifs is 1. The quantitative estimate of drug-likeness (QED) is 0.711. The van der Waals surface area contributed by atoms with Gasteiger partial charge in [-0.25, -0.2) is 9.78 Å². The summed E-state index contributed by atoms with van der Waals surface area (Å²) < 4.78 is 46.7. The van der Waals surface area contributed by atoms with Crippen LogP contribution in [0.25, 0.3) is 16.2 Å². The van der Waals surface area contributed by atoms with Crippen LogP contribution in [-0.2, 0) is 12.6 Å². The Bertz CT molecular complexity index is 1010. The zero-order chi connectivity index (χ0) is 19.2. The second kappa shape index (κ2) is 6.31. The van der Waals surface area contributed by atoms with E-state index in [1.165, 1.54) is 7.11 Å². The molecule has 138 valence electrons. The summed E-state index contributed by atoms with van der Waals surface area (Å²) in [5.41, 5.74) is 1.02. The number of carboxylic acids is 1. The van der Waals surface area contributed by atoms with Gasteiger partial charge in [-0.05, 0) is 37.1 Å². The van der Waals surface area contributed by atoms with Gasteiger partial charge in [-0.2, -0.15) is 13.2 Å². The van der Waals surface area contributed by atoms with Crippen LogP contribution in [0.3, 0.4) is 0 Å². The lowest BCUT2D eigenvalue weighted by Crippen LogP contribution is -2.15. The number of carboxylic acid groups (broad SMARTS) is 1. The van der Waals surface area contributed by atoms with Crippen LogP contribution in [0.4, 0.5) is 13.2 Å². The van der Waals surface area contributed by atoms with Crippen molar-refractivity contribution in [1.82, 2.24) is 9.38 Å². The van der Waals surface area contributed by atoms with Crippen molar-refractivity contribution < 1.29 is 27.8 Å². The molecule has 3 aromatic rings. The van der Waals surface area contributed by atoms with Gasteiger partial charge in [-0.3, -0.25) is 4.40 Å². The lowest BCUT2D eigenvalue weighted by molar-refractivity contribution is -0.142. The molecule has 2 heterocycles. The average molecular weight is 384 g/mol. The number of alkyl halides is 3. The third kappa shape index (κ3) is 2.82. The van der Waals surface area contributed by atoms with Crippen LogP contribution in [0.2, 0.25) is 0 Å². The van der Waals surface area contributed by atoms with Crippen LogP contribution in [0.15, 0.2) is 18.2 Å². The number of halogens is 3.